The zero-order valence-electron chi connectivity index (χ0n) is 7.27. The monoisotopic (exact) mass is 193 g/mol. The minimum Gasteiger partial charge on any atom is -0.377 e. The molecular weight excluding hydrogens is 182 g/mol. The highest BCUT2D eigenvalue weighted by atomic mass is 32.2. The Balaban J connectivity index is 2.01. The van der Waals surface area contributed by atoms with Crippen LogP contribution >= 0.6 is 11.8 Å². The summed E-state index contributed by atoms with van der Waals surface area (Å²) in [5, 5.41) is 0.520. The summed E-state index contributed by atoms with van der Waals surface area (Å²) in [6.07, 6.45) is 0. The van der Waals surface area contributed by atoms with Gasteiger partial charge in [0, 0.05) is 11.4 Å². The van der Waals surface area contributed by atoms with Gasteiger partial charge in [0.25, 0.3) is 0 Å². The third kappa shape index (κ3) is 1.15. The normalized spacial score (nSPS) is 25.5. The SMILES string of the molecule is c1ccc2c(c1)SC1COCCN21. The number of nitrogens with zero attached hydrogens (tertiary/aromatic N) is 1. The summed E-state index contributed by atoms with van der Waals surface area (Å²) in [5.41, 5.74) is 1.39. The Kier molecular flexibility index (Phi) is 1.73. The van der Waals surface area contributed by atoms with E-state index in [0.29, 0.717) is 5.37 Å². The van der Waals surface area contributed by atoms with Gasteiger partial charge in [0.1, 0.15) is 5.37 Å². The van der Waals surface area contributed by atoms with Crippen molar-refractivity contribution in [3.63, 3.8) is 0 Å². The van der Waals surface area contributed by atoms with Gasteiger partial charge in [-0.15, -0.1) is 0 Å². The molecule has 1 atom stereocenters. The fraction of sp³-hybridized carbons (Fsp3) is 0.400. The fourth-order valence-electron chi connectivity index (χ4n) is 1.89. The summed E-state index contributed by atoms with van der Waals surface area (Å²) < 4.78 is 5.45. The van der Waals surface area contributed by atoms with E-state index in [1.807, 2.05) is 11.8 Å². The molecule has 0 radical (unpaired) electrons. The first-order chi connectivity index (χ1) is 6.45. The molecule has 2 nitrogen and oxygen atoms in total. The maximum atomic E-state index is 5.45. The van der Waals surface area contributed by atoms with Crippen LogP contribution in [0, 0.1) is 0 Å². The molecule has 0 amide bonds. The topological polar surface area (TPSA) is 12.5 Å². The van der Waals surface area contributed by atoms with Crippen LogP contribution in [0.1, 0.15) is 0 Å². The van der Waals surface area contributed by atoms with Gasteiger partial charge in [-0.05, 0) is 12.1 Å². The van der Waals surface area contributed by atoms with Crippen LogP contribution in [0.2, 0.25) is 0 Å². The van der Waals surface area contributed by atoms with Crippen molar-refractivity contribution in [2.45, 2.75) is 10.3 Å². The number of morpholine rings is 1. The van der Waals surface area contributed by atoms with Gasteiger partial charge in [-0.3, -0.25) is 0 Å². The van der Waals surface area contributed by atoms with E-state index in [1.54, 1.807) is 0 Å². The number of benzene rings is 1. The van der Waals surface area contributed by atoms with Gasteiger partial charge in [0.2, 0.25) is 0 Å². The molecule has 0 spiro atoms. The summed E-state index contributed by atoms with van der Waals surface area (Å²) in [6.45, 7) is 2.76. The predicted molar refractivity (Wildman–Crippen MR) is 54.3 cm³/mol. The molecule has 68 valence electrons. The van der Waals surface area contributed by atoms with Crippen LogP contribution in [0.5, 0.6) is 0 Å². The van der Waals surface area contributed by atoms with E-state index in [9.17, 15) is 0 Å². The molecule has 0 N–H and O–H groups in total. The Labute approximate surface area is 81.9 Å². The number of ether oxygens (including phenoxy) is 1. The van der Waals surface area contributed by atoms with Crippen molar-refractivity contribution in [3.8, 4) is 0 Å². The van der Waals surface area contributed by atoms with Crippen molar-refractivity contribution < 1.29 is 4.74 Å². The smallest absolute Gasteiger partial charge is 0.103 e. The molecule has 0 aliphatic carbocycles. The molecule has 1 unspecified atom stereocenters. The van der Waals surface area contributed by atoms with Crippen LogP contribution in [0.4, 0.5) is 5.69 Å². The minimum atomic E-state index is 0.520. The number of anilines is 1. The number of fused-ring (bicyclic) bond motifs is 3. The summed E-state index contributed by atoms with van der Waals surface area (Å²) in [5.74, 6) is 0. The van der Waals surface area contributed by atoms with Crippen molar-refractivity contribution in [1.29, 1.82) is 0 Å². The summed E-state index contributed by atoms with van der Waals surface area (Å²) in [7, 11) is 0. The highest BCUT2D eigenvalue weighted by Crippen LogP contribution is 2.43. The third-order valence-electron chi connectivity index (χ3n) is 2.52. The molecular formula is C10H11NOS. The van der Waals surface area contributed by atoms with E-state index in [2.05, 4.69) is 29.2 Å². The lowest BCUT2D eigenvalue weighted by molar-refractivity contribution is 0.116. The van der Waals surface area contributed by atoms with Crippen LogP contribution in [0.25, 0.3) is 0 Å². The molecule has 1 aromatic rings. The van der Waals surface area contributed by atoms with Gasteiger partial charge in [0.15, 0.2) is 0 Å². The minimum absolute atomic E-state index is 0.520. The van der Waals surface area contributed by atoms with Crippen LogP contribution in [-0.2, 0) is 4.74 Å². The molecule has 13 heavy (non-hydrogen) atoms. The Bertz CT molecular complexity index is 328. The Morgan fingerprint density at radius 1 is 1.38 bits per heavy atom. The molecule has 0 bridgehead atoms. The first-order valence-electron chi connectivity index (χ1n) is 4.55. The fourth-order valence-corrected chi connectivity index (χ4v) is 3.16. The van der Waals surface area contributed by atoms with Gasteiger partial charge in [-0.2, -0.15) is 0 Å². The molecule has 0 aromatic heterocycles. The summed E-state index contributed by atoms with van der Waals surface area (Å²) >= 11 is 1.92. The number of hydrogen-bond acceptors (Lipinski definition) is 3. The standard InChI is InChI=1S/C10H11NOS/c1-2-4-9-8(3-1)11-5-6-12-7-10(11)13-9/h1-4,10H,5-7H2. The number of thioether (sulfide) groups is 1. The van der Waals surface area contributed by atoms with Gasteiger partial charge < -0.3 is 9.64 Å². The van der Waals surface area contributed by atoms with E-state index in [0.717, 1.165) is 19.8 Å². The average Bonchev–Trinajstić information content (AvgIpc) is 2.56. The van der Waals surface area contributed by atoms with Crippen molar-refractivity contribution in [1.82, 2.24) is 0 Å². The Morgan fingerprint density at radius 2 is 2.31 bits per heavy atom. The molecule has 2 aliphatic rings. The zero-order valence-corrected chi connectivity index (χ0v) is 8.09. The largest absolute Gasteiger partial charge is 0.377 e. The second kappa shape index (κ2) is 2.93. The second-order valence-corrected chi connectivity index (χ2v) is 4.53. The van der Waals surface area contributed by atoms with Crippen molar-refractivity contribution in [2.24, 2.45) is 0 Å². The maximum Gasteiger partial charge on any atom is 0.103 e. The summed E-state index contributed by atoms with van der Waals surface area (Å²) in [4.78, 5) is 3.85. The molecule has 1 saturated heterocycles. The zero-order chi connectivity index (χ0) is 8.67. The van der Waals surface area contributed by atoms with Crippen LogP contribution in [-0.4, -0.2) is 25.1 Å². The van der Waals surface area contributed by atoms with Gasteiger partial charge in [-0.1, -0.05) is 23.9 Å². The molecule has 0 saturated carbocycles. The lowest BCUT2D eigenvalue weighted by Gasteiger charge is -2.30. The van der Waals surface area contributed by atoms with Crippen LogP contribution in [0.3, 0.4) is 0 Å². The third-order valence-corrected chi connectivity index (χ3v) is 3.78. The van der Waals surface area contributed by atoms with Gasteiger partial charge in [-0.25, -0.2) is 0 Å². The van der Waals surface area contributed by atoms with Crippen LogP contribution < -0.4 is 4.90 Å². The first kappa shape index (κ1) is 7.71. The number of para-hydroxylation sites is 1. The Hall–Kier alpha value is -0.670. The van der Waals surface area contributed by atoms with Crippen molar-refractivity contribution >= 4 is 17.4 Å². The van der Waals surface area contributed by atoms with Crippen molar-refractivity contribution in [2.75, 3.05) is 24.7 Å². The first-order valence-corrected chi connectivity index (χ1v) is 5.43. The number of hydrogen-bond donors (Lipinski definition) is 0. The lowest BCUT2D eigenvalue weighted by Crippen LogP contribution is -2.40. The van der Waals surface area contributed by atoms with E-state index in [1.165, 1.54) is 10.6 Å². The quantitative estimate of drug-likeness (QED) is 0.625. The van der Waals surface area contributed by atoms with Gasteiger partial charge >= 0.3 is 0 Å². The molecule has 1 fully saturated rings. The van der Waals surface area contributed by atoms with Crippen molar-refractivity contribution in [3.05, 3.63) is 24.3 Å². The number of rotatable bonds is 0. The maximum absolute atomic E-state index is 5.45. The Morgan fingerprint density at radius 3 is 3.31 bits per heavy atom. The molecule has 2 heterocycles. The average molecular weight is 193 g/mol. The van der Waals surface area contributed by atoms with E-state index in [-0.39, 0.29) is 0 Å². The lowest BCUT2D eigenvalue weighted by atomic mass is 10.3. The van der Waals surface area contributed by atoms with E-state index >= 15 is 0 Å². The predicted octanol–water partition coefficient (Wildman–Crippen LogP) is 1.95. The van der Waals surface area contributed by atoms with Gasteiger partial charge in [0.05, 0.1) is 18.9 Å². The molecule has 1 aromatic carbocycles. The van der Waals surface area contributed by atoms with E-state index in [4.69, 9.17) is 4.74 Å². The van der Waals surface area contributed by atoms with Crippen LogP contribution in [0.15, 0.2) is 29.2 Å². The summed E-state index contributed by atoms with van der Waals surface area (Å²) in [6, 6.07) is 8.61. The molecule has 2 aliphatic heterocycles. The molecule has 3 rings (SSSR count). The highest BCUT2D eigenvalue weighted by Gasteiger charge is 2.31. The molecule has 3 heteroatoms. The highest BCUT2D eigenvalue weighted by molar-refractivity contribution is 8.00. The van der Waals surface area contributed by atoms with E-state index < -0.39 is 0 Å². The second-order valence-electron chi connectivity index (χ2n) is 3.31.